The second-order valence-corrected chi connectivity index (χ2v) is 7.06. The van der Waals surface area contributed by atoms with Crippen molar-refractivity contribution in [1.82, 2.24) is 4.83 Å². The number of nitro benzene ring substituents is 1. The molecule has 132 valence electrons. The fourth-order valence-corrected chi connectivity index (χ4v) is 2.87. The summed E-state index contributed by atoms with van der Waals surface area (Å²) in [6.07, 6.45) is 0.844. The molecule has 0 aliphatic rings. The Hall–Kier alpha value is -2.56. The lowest BCUT2D eigenvalue weighted by molar-refractivity contribution is -0.385. The van der Waals surface area contributed by atoms with Gasteiger partial charge in [0, 0.05) is 17.7 Å². The minimum atomic E-state index is -4.07. The average Bonchev–Trinajstić information content (AvgIpc) is 2.51. The van der Waals surface area contributed by atoms with Crippen LogP contribution in [0.3, 0.4) is 0 Å². The van der Waals surface area contributed by atoms with Gasteiger partial charge in [0.1, 0.15) is 5.75 Å². The van der Waals surface area contributed by atoms with E-state index in [-0.39, 0.29) is 20.5 Å². The molecule has 2 rings (SSSR count). The van der Waals surface area contributed by atoms with Gasteiger partial charge in [0.25, 0.3) is 10.0 Å². The van der Waals surface area contributed by atoms with Crippen molar-refractivity contribution in [3.63, 3.8) is 0 Å². The topological polar surface area (TPSA) is 142 Å². The fraction of sp³-hybridized carbons (Fsp3) is 0. The van der Waals surface area contributed by atoms with Crippen LogP contribution in [0.1, 0.15) is 5.56 Å². The van der Waals surface area contributed by atoms with Gasteiger partial charge in [0.05, 0.1) is 26.1 Å². The van der Waals surface area contributed by atoms with E-state index in [0.717, 1.165) is 24.4 Å². The third kappa shape index (κ3) is 4.29. The molecular weight excluding hydrogens is 397 g/mol. The maximum Gasteiger partial charge on any atom is 0.311 e. The molecule has 3 N–H and O–H groups in total. The molecule has 0 aromatic heterocycles. The number of rotatable bonds is 5. The molecule has 0 bridgehead atoms. The monoisotopic (exact) mass is 405 g/mol. The summed E-state index contributed by atoms with van der Waals surface area (Å²) in [5, 5.41) is 33.4. The fourth-order valence-electron chi connectivity index (χ4n) is 1.69. The van der Waals surface area contributed by atoms with E-state index in [1.165, 1.54) is 12.1 Å². The summed E-state index contributed by atoms with van der Waals surface area (Å²) in [5.41, 5.74) is -0.854. The van der Waals surface area contributed by atoms with Crippen LogP contribution in [0.2, 0.25) is 10.0 Å². The number of nitrogens with zero attached hydrogens (tertiary/aromatic N) is 2. The molecule has 0 spiro atoms. The van der Waals surface area contributed by atoms with Gasteiger partial charge in [-0.2, -0.15) is 13.5 Å². The van der Waals surface area contributed by atoms with Gasteiger partial charge in [-0.3, -0.25) is 10.1 Å². The number of halogens is 2. The SMILES string of the molecule is O=[N+]([O-])c1cc(/C=N/NS(=O)(=O)c2ccc(Cl)c(Cl)c2)c(O)cc1O. The number of hydrazone groups is 1. The van der Waals surface area contributed by atoms with Gasteiger partial charge in [-0.15, -0.1) is 0 Å². The lowest BCUT2D eigenvalue weighted by atomic mass is 10.2. The van der Waals surface area contributed by atoms with Crippen LogP contribution in [0.15, 0.2) is 40.3 Å². The highest BCUT2D eigenvalue weighted by molar-refractivity contribution is 7.89. The quantitative estimate of drug-likeness (QED) is 0.396. The molecule has 12 heteroatoms. The Morgan fingerprint density at radius 1 is 1.12 bits per heavy atom. The van der Waals surface area contributed by atoms with E-state index in [2.05, 4.69) is 5.10 Å². The Balaban J connectivity index is 2.27. The first-order valence-electron chi connectivity index (χ1n) is 6.32. The summed E-state index contributed by atoms with van der Waals surface area (Å²) in [4.78, 5) is 11.5. The Labute approximate surface area is 151 Å². The average molecular weight is 406 g/mol. The van der Waals surface area contributed by atoms with Crippen molar-refractivity contribution in [3.8, 4) is 11.5 Å². The number of sulfonamides is 1. The first-order chi connectivity index (χ1) is 11.6. The first kappa shape index (κ1) is 18.8. The van der Waals surface area contributed by atoms with E-state index in [4.69, 9.17) is 23.2 Å². The van der Waals surface area contributed by atoms with Crippen LogP contribution in [-0.2, 0) is 10.0 Å². The number of hydrogen-bond donors (Lipinski definition) is 3. The molecule has 0 heterocycles. The molecule has 0 aliphatic carbocycles. The third-order valence-corrected chi connectivity index (χ3v) is 4.86. The number of benzene rings is 2. The van der Waals surface area contributed by atoms with E-state index in [9.17, 15) is 28.7 Å². The van der Waals surface area contributed by atoms with Crippen LogP contribution in [0.25, 0.3) is 0 Å². The molecule has 2 aromatic rings. The van der Waals surface area contributed by atoms with E-state index in [1.54, 1.807) is 0 Å². The maximum atomic E-state index is 12.1. The predicted molar refractivity (Wildman–Crippen MR) is 90.8 cm³/mol. The van der Waals surface area contributed by atoms with Crippen LogP contribution >= 0.6 is 23.2 Å². The molecule has 9 nitrogen and oxygen atoms in total. The van der Waals surface area contributed by atoms with E-state index in [0.29, 0.717) is 0 Å². The number of nitro groups is 1. The van der Waals surface area contributed by atoms with Gasteiger partial charge < -0.3 is 10.2 Å². The third-order valence-electron chi connectivity index (χ3n) is 2.90. The summed E-state index contributed by atoms with van der Waals surface area (Å²) in [5.74, 6) is -1.27. The Morgan fingerprint density at radius 3 is 2.40 bits per heavy atom. The molecule has 25 heavy (non-hydrogen) atoms. The number of nitrogens with one attached hydrogen (secondary N) is 1. The van der Waals surface area contributed by atoms with E-state index >= 15 is 0 Å². The molecule has 0 unspecified atom stereocenters. The molecule has 0 saturated carbocycles. The highest BCUT2D eigenvalue weighted by Gasteiger charge is 2.17. The molecule has 0 amide bonds. The van der Waals surface area contributed by atoms with Crippen LogP contribution in [0.5, 0.6) is 11.5 Å². The molecule has 0 fully saturated rings. The van der Waals surface area contributed by atoms with E-state index in [1.807, 2.05) is 4.83 Å². The second kappa shape index (κ2) is 7.13. The van der Waals surface area contributed by atoms with Crippen molar-refractivity contribution in [2.24, 2.45) is 5.10 Å². The van der Waals surface area contributed by atoms with Gasteiger partial charge in [-0.1, -0.05) is 23.2 Å². The first-order valence-corrected chi connectivity index (χ1v) is 8.56. The van der Waals surface area contributed by atoms with Gasteiger partial charge in [-0.05, 0) is 18.2 Å². The van der Waals surface area contributed by atoms with E-state index < -0.39 is 32.1 Å². The maximum absolute atomic E-state index is 12.1. The smallest absolute Gasteiger partial charge is 0.311 e. The van der Waals surface area contributed by atoms with Crippen molar-refractivity contribution in [1.29, 1.82) is 0 Å². The van der Waals surface area contributed by atoms with Crippen LogP contribution < -0.4 is 4.83 Å². The van der Waals surface area contributed by atoms with Crippen molar-refractivity contribution < 1.29 is 23.6 Å². The van der Waals surface area contributed by atoms with Gasteiger partial charge in [-0.25, -0.2) is 4.83 Å². The van der Waals surface area contributed by atoms with Crippen LogP contribution in [0, 0.1) is 10.1 Å². The van der Waals surface area contributed by atoms with Gasteiger partial charge in [0.2, 0.25) is 0 Å². The lowest BCUT2D eigenvalue weighted by Crippen LogP contribution is -2.18. The zero-order valence-corrected chi connectivity index (χ0v) is 14.4. The van der Waals surface area contributed by atoms with Crippen molar-refractivity contribution in [3.05, 3.63) is 56.1 Å². The van der Waals surface area contributed by atoms with Gasteiger partial charge >= 0.3 is 5.69 Å². The highest BCUT2D eigenvalue weighted by Crippen LogP contribution is 2.32. The molecule has 0 radical (unpaired) electrons. The van der Waals surface area contributed by atoms with Crippen LogP contribution in [-0.4, -0.2) is 29.8 Å². The standard InChI is InChI=1S/C13H9Cl2N3O6S/c14-9-2-1-8(4-10(9)15)25(23,24)17-16-6-7-3-11(18(21)22)13(20)5-12(7)19/h1-6,17,19-20H/b16-6+. The number of phenolic OH excluding ortho intramolecular Hbond substituents is 2. The summed E-state index contributed by atoms with van der Waals surface area (Å²) >= 11 is 11.5. The molecule has 2 aromatic carbocycles. The van der Waals surface area contributed by atoms with Crippen molar-refractivity contribution in [2.45, 2.75) is 4.90 Å². The predicted octanol–water partition coefficient (Wildman–Crippen LogP) is 2.63. The summed E-state index contributed by atoms with van der Waals surface area (Å²) < 4.78 is 24.1. The van der Waals surface area contributed by atoms with Gasteiger partial charge in [0.15, 0.2) is 5.75 Å². The zero-order valence-electron chi connectivity index (χ0n) is 12.1. The minimum Gasteiger partial charge on any atom is -0.507 e. The second-order valence-electron chi connectivity index (χ2n) is 4.59. The largest absolute Gasteiger partial charge is 0.507 e. The number of phenols is 2. The summed E-state index contributed by atoms with van der Waals surface area (Å²) in [6.45, 7) is 0. The molecular formula is C13H9Cl2N3O6S. The molecule has 0 atom stereocenters. The highest BCUT2D eigenvalue weighted by atomic mass is 35.5. The normalized spacial score (nSPS) is 11.6. The lowest BCUT2D eigenvalue weighted by Gasteiger charge is -2.05. The van der Waals surface area contributed by atoms with Crippen molar-refractivity contribution >= 4 is 45.1 Å². The van der Waals surface area contributed by atoms with Crippen LogP contribution in [0.4, 0.5) is 5.69 Å². The Kier molecular flexibility index (Phi) is 5.36. The summed E-state index contributed by atoms with van der Waals surface area (Å²) in [7, 11) is -4.07. The van der Waals surface area contributed by atoms with Crippen molar-refractivity contribution in [2.75, 3.05) is 0 Å². The number of aromatic hydroxyl groups is 2. The Bertz CT molecular complexity index is 978. The summed E-state index contributed by atoms with van der Waals surface area (Å²) in [6, 6.07) is 5.19. The zero-order chi connectivity index (χ0) is 18.8. The Morgan fingerprint density at radius 2 is 1.80 bits per heavy atom. The molecule has 0 saturated heterocycles. The minimum absolute atomic E-state index is 0.0281. The molecule has 0 aliphatic heterocycles. The number of hydrogen-bond acceptors (Lipinski definition) is 7.